The molecule has 0 saturated carbocycles. The minimum Gasteiger partial charge on any atom is -0.335 e. The van der Waals surface area contributed by atoms with E-state index in [9.17, 15) is 0 Å². The van der Waals surface area contributed by atoms with Crippen LogP contribution in [0.4, 0.5) is 5.95 Å². The quantitative estimate of drug-likeness (QED) is 0.794. The monoisotopic (exact) mass is 229 g/mol. The van der Waals surface area contributed by atoms with Gasteiger partial charge in [-0.1, -0.05) is 18.2 Å². The Kier molecular flexibility index (Phi) is 2.55. The zero-order valence-corrected chi connectivity index (χ0v) is 9.84. The lowest BCUT2D eigenvalue weighted by atomic mass is 10.2. The average Bonchev–Trinajstić information content (AvgIpc) is 2.98. The van der Waals surface area contributed by atoms with Gasteiger partial charge in [0.1, 0.15) is 0 Å². The second-order valence-electron chi connectivity index (χ2n) is 4.45. The van der Waals surface area contributed by atoms with Crippen LogP contribution in [0.5, 0.6) is 0 Å². The van der Waals surface area contributed by atoms with Gasteiger partial charge in [0.25, 0.3) is 11.8 Å². The van der Waals surface area contributed by atoms with Crippen LogP contribution < -0.4 is 4.90 Å². The number of hydrogen-bond donors (Lipinski definition) is 0. The topological polar surface area (TPSA) is 42.2 Å². The highest BCUT2D eigenvalue weighted by Gasteiger charge is 2.24. The molecule has 3 rings (SSSR count). The molecule has 4 nitrogen and oxygen atoms in total. The van der Waals surface area contributed by atoms with Gasteiger partial charge < -0.3 is 9.42 Å². The molecule has 0 radical (unpaired) electrons. The molecule has 2 heterocycles. The van der Waals surface area contributed by atoms with Gasteiger partial charge in [0.2, 0.25) is 0 Å². The van der Waals surface area contributed by atoms with Crippen molar-refractivity contribution in [2.75, 3.05) is 11.4 Å². The number of nitrogens with zero attached hydrogens (tertiary/aromatic N) is 3. The zero-order chi connectivity index (χ0) is 11.7. The Hall–Kier alpha value is -1.84. The minimum absolute atomic E-state index is 0.510. The van der Waals surface area contributed by atoms with Crippen LogP contribution in [0.2, 0.25) is 0 Å². The van der Waals surface area contributed by atoms with Gasteiger partial charge in [-0.2, -0.15) is 4.98 Å². The fraction of sp³-hybridized carbons (Fsp3) is 0.385. The Balaban J connectivity index is 1.88. The van der Waals surface area contributed by atoms with E-state index >= 15 is 0 Å². The molecule has 1 aliphatic rings. The van der Waals surface area contributed by atoms with Crippen LogP contribution in [0.1, 0.15) is 19.8 Å². The molecule has 1 fully saturated rings. The number of hydrogen-bond acceptors (Lipinski definition) is 4. The van der Waals surface area contributed by atoms with E-state index in [0.29, 0.717) is 17.9 Å². The molecule has 1 saturated heterocycles. The van der Waals surface area contributed by atoms with E-state index in [1.165, 1.54) is 12.8 Å². The van der Waals surface area contributed by atoms with E-state index in [1.54, 1.807) is 0 Å². The van der Waals surface area contributed by atoms with E-state index in [0.717, 1.165) is 12.1 Å². The Morgan fingerprint density at radius 3 is 2.82 bits per heavy atom. The van der Waals surface area contributed by atoms with Crippen molar-refractivity contribution < 1.29 is 4.52 Å². The van der Waals surface area contributed by atoms with Crippen molar-refractivity contribution in [2.45, 2.75) is 25.8 Å². The molecule has 0 bridgehead atoms. The summed E-state index contributed by atoms with van der Waals surface area (Å²) in [6.07, 6.45) is 2.41. The molecule has 2 aromatic rings. The number of rotatable bonds is 2. The fourth-order valence-corrected chi connectivity index (χ4v) is 2.26. The standard InChI is InChI=1S/C13H15N3O/c1-10-6-5-9-16(10)13-14-12(17-15-13)11-7-3-2-4-8-11/h2-4,7-8,10H,5-6,9H2,1H3. The minimum atomic E-state index is 0.510. The third kappa shape index (κ3) is 1.90. The van der Waals surface area contributed by atoms with Crippen molar-refractivity contribution in [3.63, 3.8) is 0 Å². The summed E-state index contributed by atoms with van der Waals surface area (Å²) in [6, 6.07) is 10.4. The Labute approximate surface area is 100 Å². The van der Waals surface area contributed by atoms with E-state index in [4.69, 9.17) is 4.52 Å². The van der Waals surface area contributed by atoms with Crippen molar-refractivity contribution in [3.8, 4) is 11.5 Å². The molecule has 4 heteroatoms. The van der Waals surface area contributed by atoms with Crippen LogP contribution in [-0.4, -0.2) is 22.7 Å². The van der Waals surface area contributed by atoms with Crippen molar-refractivity contribution in [2.24, 2.45) is 0 Å². The first-order valence-corrected chi connectivity index (χ1v) is 6.00. The number of benzene rings is 1. The second-order valence-corrected chi connectivity index (χ2v) is 4.45. The largest absolute Gasteiger partial charge is 0.335 e. The molecule has 17 heavy (non-hydrogen) atoms. The maximum absolute atomic E-state index is 5.31. The molecular formula is C13H15N3O. The molecule has 1 unspecified atom stereocenters. The maximum Gasteiger partial charge on any atom is 0.266 e. The fourth-order valence-electron chi connectivity index (χ4n) is 2.26. The second kappa shape index (κ2) is 4.20. The van der Waals surface area contributed by atoms with Gasteiger partial charge in [-0.25, -0.2) is 0 Å². The van der Waals surface area contributed by atoms with Crippen molar-refractivity contribution in [3.05, 3.63) is 30.3 Å². The maximum atomic E-state index is 5.31. The van der Waals surface area contributed by atoms with Crippen molar-refractivity contribution >= 4 is 5.95 Å². The highest BCUT2D eigenvalue weighted by atomic mass is 16.5. The highest BCUT2D eigenvalue weighted by Crippen LogP contribution is 2.25. The van der Waals surface area contributed by atoms with Gasteiger partial charge in [-0.15, -0.1) is 0 Å². The highest BCUT2D eigenvalue weighted by molar-refractivity contribution is 5.54. The normalized spacial score (nSPS) is 19.8. The SMILES string of the molecule is CC1CCCN1c1noc(-c2ccccc2)n1. The van der Waals surface area contributed by atoms with E-state index < -0.39 is 0 Å². The molecule has 1 aliphatic heterocycles. The smallest absolute Gasteiger partial charge is 0.266 e. The summed E-state index contributed by atoms with van der Waals surface area (Å²) in [5.74, 6) is 1.31. The third-order valence-corrected chi connectivity index (χ3v) is 3.25. The third-order valence-electron chi connectivity index (χ3n) is 3.25. The first-order valence-electron chi connectivity index (χ1n) is 6.00. The summed E-state index contributed by atoms with van der Waals surface area (Å²) in [5, 5.41) is 4.06. The molecule has 0 aliphatic carbocycles. The summed E-state index contributed by atoms with van der Waals surface area (Å²) in [5.41, 5.74) is 0.970. The van der Waals surface area contributed by atoms with Gasteiger partial charge in [0.15, 0.2) is 0 Å². The molecule has 1 atom stereocenters. The van der Waals surface area contributed by atoms with Crippen LogP contribution in [0.3, 0.4) is 0 Å². The molecular weight excluding hydrogens is 214 g/mol. The predicted octanol–water partition coefficient (Wildman–Crippen LogP) is 2.73. The molecule has 0 amide bonds. The first kappa shape index (κ1) is 10.3. The summed E-state index contributed by atoms with van der Waals surface area (Å²) in [7, 11) is 0. The zero-order valence-electron chi connectivity index (χ0n) is 9.84. The Morgan fingerprint density at radius 1 is 1.29 bits per heavy atom. The summed E-state index contributed by atoms with van der Waals surface area (Å²) in [6.45, 7) is 3.22. The lowest BCUT2D eigenvalue weighted by Crippen LogP contribution is -2.27. The van der Waals surface area contributed by atoms with E-state index in [-0.39, 0.29) is 0 Å². The molecule has 0 N–H and O–H groups in total. The van der Waals surface area contributed by atoms with Crippen LogP contribution in [0, 0.1) is 0 Å². The lowest BCUT2D eigenvalue weighted by Gasteiger charge is -2.17. The van der Waals surface area contributed by atoms with Crippen LogP contribution in [-0.2, 0) is 0 Å². The summed E-state index contributed by atoms with van der Waals surface area (Å²) < 4.78 is 5.31. The average molecular weight is 229 g/mol. The van der Waals surface area contributed by atoms with E-state index in [1.807, 2.05) is 30.3 Å². The van der Waals surface area contributed by atoms with Gasteiger partial charge >= 0.3 is 0 Å². The van der Waals surface area contributed by atoms with Gasteiger partial charge in [-0.05, 0) is 37.1 Å². The molecule has 0 spiro atoms. The first-order chi connectivity index (χ1) is 8.34. The number of anilines is 1. The summed E-state index contributed by atoms with van der Waals surface area (Å²) in [4.78, 5) is 6.67. The molecule has 1 aromatic heterocycles. The molecule has 1 aromatic carbocycles. The Bertz CT molecular complexity index is 494. The van der Waals surface area contributed by atoms with E-state index in [2.05, 4.69) is 22.0 Å². The van der Waals surface area contributed by atoms with Gasteiger partial charge in [-0.3, -0.25) is 0 Å². The van der Waals surface area contributed by atoms with Gasteiger partial charge in [0.05, 0.1) is 0 Å². The van der Waals surface area contributed by atoms with Crippen LogP contribution in [0.15, 0.2) is 34.9 Å². The Morgan fingerprint density at radius 2 is 2.12 bits per heavy atom. The van der Waals surface area contributed by atoms with Crippen LogP contribution >= 0.6 is 0 Å². The molecule has 88 valence electrons. The van der Waals surface area contributed by atoms with Crippen LogP contribution in [0.25, 0.3) is 11.5 Å². The lowest BCUT2D eigenvalue weighted by molar-refractivity contribution is 0.429. The predicted molar refractivity (Wildman–Crippen MR) is 65.8 cm³/mol. The van der Waals surface area contributed by atoms with Crippen molar-refractivity contribution in [1.29, 1.82) is 0 Å². The van der Waals surface area contributed by atoms with Crippen molar-refractivity contribution in [1.82, 2.24) is 10.1 Å². The number of aromatic nitrogens is 2. The van der Waals surface area contributed by atoms with Gasteiger partial charge in [0, 0.05) is 18.2 Å². The summed E-state index contributed by atoms with van der Waals surface area (Å²) >= 11 is 0.